The lowest BCUT2D eigenvalue weighted by Gasteiger charge is -2.25. The molecule has 0 amide bonds. The highest BCUT2D eigenvalue weighted by Gasteiger charge is 2.18. The predicted octanol–water partition coefficient (Wildman–Crippen LogP) is 3.05. The number of hydrogen-bond acceptors (Lipinski definition) is 4. The Labute approximate surface area is 130 Å². The van der Waals surface area contributed by atoms with Gasteiger partial charge in [-0.3, -0.25) is 4.90 Å². The van der Waals surface area contributed by atoms with Crippen LogP contribution >= 0.6 is 0 Å². The van der Waals surface area contributed by atoms with Gasteiger partial charge in [0.15, 0.2) is 0 Å². The van der Waals surface area contributed by atoms with Crippen molar-refractivity contribution in [3.63, 3.8) is 0 Å². The lowest BCUT2D eigenvalue weighted by atomic mass is 10.1. The Kier molecular flexibility index (Phi) is 4.85. The van der Waals surface area contributed by atoms with Crippen LogP contribution in [0.4, 0.5) is 4.39 Å². The second-order valence-corrected chi connectivity index (χ2v) is 5.90. The summed E-state index contributed by atoms with van der Waals surface area (Å²) in [7, 11) is 2.14. The smallest absolute Gasteiger partial charge is 0.226 e. The van der Waals surface area contributed by atoms with Gasteiger partial charge in [-0.25, -0.2) is 9.37 Å². The lowest BCUT2D eigenvalue weighted by molar-refractivity contribution is 0.214. The minimum Gasteiger partial charge on any atom is -0.444 e. The van der Waals surface area contributed by atoms with Crippen LogP contribution in [0.2, 0.25) is 0 Å². The van der Waals surface area contributed by atoms with E-state index in [4.69, 9.17) is 4.42 Å². The Bertz CT molecular complexity index is 588. The zero-order chi connectivity index (χ0) is 15.4. The minimum atomic E-state index is -0.253. The molecule has 0 bridgehead atoms. The molecule has 0 radical (unpaired) electrons. The number of oxazole rings is 1. The van der Waals surface area contributed by atoms with Crippen molar-refractivity contribution in [2.75, 3.05) is 20.1 Å². The number of aromatic nitrogens is 1. The van der Waals surface area contributed by atoms with E-state index in [0.717, 1.165) is 30.9 Å². The average molecular weight is 303 g/mol. The highest BCUT2D eigenvalue weighted by Crippen LogP contribution is 2.20. The van der Waals surface area contributed by atoms with E-state index in [1.54, 1.807) is 18.4 Å². The van der Waals surface area contributed by atoms with Gasteiger partial charge in [0.1, 0.15) is 12.1 Å². The zero-order valence-corrected chi connectivity index (χ0v) is 12.9. The average Bonchev–Trinajstić information content (AvgIpc) is 2.81. The predicted molar refractivity (Wildman–Crippen MR) is 83.9 cm³/mol. The maximum absolute atomic E-state index is 13.0. The molecule has 1 unspecified atom stereocenters. The maximum atomic E-state index is 13.0. The van der Waals surface area contributed by atoms with Crippen molar-refractivity contribution in [1.29, 1.82) is 0 Å². The lowest BCUT2D eigenvalue weighted by Crippen LogP contribution is -2.32. The van der Waals surface area contributed by atoms with Crippen molar-refractivity contribution in [2.24, 2.45) is 0 Å². The molecule has 2 heterocycles. The molecule has 1 aromatic heterocycles. The molecule has 22 heavy (non-hydrogen) atoms. The first kappa shape index (κ1) is 15.2. The summed E-state index contributed by atoms with van der Waals surface area (Å²) in [4.78, 5) is 6.87. The number of benzene rings is 1. The molecule has 1 aliphatic heterocycles. The molecule has 1 N–H and O–H groups in total. The van der Waals surface area contributed by atoms with E-state index >= 15 is 0 Å². The monoisotopic (exact) mass is 303 g/mol. The van der Waals surface area contributed by atoms with E-state index in [0.29, 0.717) is 11.9 Å². The highest BCUT2D eigenvalue weighted by molar-refractivity contribution is 5.52. The summed E-state index contributed by atoms with van der Waals surface area (Å²) in [6.45, 7) is 2.97. The fourth-order valence-electron chi connectivity index (χ4n) is 2.93. The third kappa shape index (κ3) is 3.72. The van der Waals surface area contributed by atoms with Gasteiger partial charge in [0.25, 0.3) is 0 Å². The zero-order valence-electron chi connectivity index (χ0n) is 12.9. The van der Waals surface area contributed by atoms with Crippen molar-refractivity contribution in [3.8, 4) is 11.5 Å². The SMILES string of the molecule is CN(Cc1coc(-c2ccc(F)cc2)n1)C1CCCNCC1. The molecule has 0 spiro atoms. The summed E-state index contributed by atoms with van der Waals surface area (Å²) in [5, 5.41) is 3.43. The Morgan fingerprint density at radius 1 is 1.27 bits per heavy atom. The topological polar surface area (TPSA) is 41.3 Å². The number of rotatable bonds is 4. The largest absolute Gasteiger partial charge is 0.444 e. The van der Waals surface area contributed by atoms with Gasteiger partial charge in [-0.05, 0) is 63.7 Å². The Balaban J connectivity index is 1.64. The van der Waals surface area contributed by atoms with E-state index < -0.39 is 0 Å². The van der Waals surface area contributed by atoms with Gasteiger partial charge in [-0.1, -0.05) is 0 Å². The molecule has 118 valence electrons. The quantitative estimate of drug-likeness (QED) is 0.942. The first-order valence-corrected chi connectivity index (χ1v) is 7.83. The van der Waals surface area contributed by atoms with Crippen LogP contribution in [0.5, 0.6) is 0 Å². The Hall–Kier alpha value is -1.72. The van der Waals surface area contributed by atoms with Gasteiger partial charge in [0.2, 0.25) is 5.89 Å². The van der Waals surface area contributed by atoms with E-state index in [1.165, 1.54) is 31.4 Å². The molecule has 0 saturated carbocycles. The number of halogens is 1. The Morgan fingerprint density at radius 3 is 2.91 bits per heavy atom. The summed E-state index contributed by atoms with van der Waals surface area (Å²) in [6.07, 6.45) is 5.30. The fraction of sp³-hybridized carbons (Fsp3) is 0.471. The van der Waals surface area contributed by atoms with Crippen LogP contribution in [0.25, 0.3) is 11.5 Å². The summed E-state index contributed by atoms with van der Waals surface area (Å²) >= 11 is 0. The molecule has 1 fully saturated rings. The number of nitrogens with zero attached hydrogens (tertiary/aromatic N) is 2. The van der Waals surface area contributed by atoms with Crippen LogP contribution in [0.3, 0.4) is 0 Å². The van der Waals surface area contributed by atoms with Crippen molar-refractivity contribution in [1.82, 2.24) is 15.2 Å². The Morgan fingerprint density at radius 2 is 2.09 bits per heavy atom. The molecule has 4 nitrogen and oxygen atoms in total. The number of nitrogens with one attached hydrogen (secondary N) is 1. The van der Waals surface area contributed by atoms with E-state index in [2.05, 4.69) is 22.2 Å². The standard InChI is InChI=1S/C17H22FN3O/c1-21(16-3-2-9-19-10-8-16)11-15-12-22-17(20-15)13-4-6-14(18)7-5-13/h4-7,12,16,19H,2-3,8-11H2,1H3. The van der Waals surface area contributed by atoms with E-state index in [-0.39, 0.29) is 5.82 Å². The minimum absolute atomic E-state index is 0.253. The van der Waals surface area contributed by atoms with Gasteiger partial charge in [0.05, 0.1) is 5.69 Å². The van der Waals surface area contributed by atoms with E-state index in [1.807, 2.05) is 0 Å². The second kappa shape index (κ2) is 7.03. The maximum Gasteiger partial charge on any atom is 0.226 e. The van der Waals surface area contributed by atoms with Crippen LogP contribution in [-0.2, 0) is 6.54 Å². The summed E-state index contributed by atoms with van der Waals surface area (Å²) in [6, 6.07) is 6.80. The second-order valence-electron chi connectivity index (χ2n) is 5.90. The molecule has 3 rings (SSSR count). The molecule has 1 saturated heterocycles. The molecular formula is C17H22FN3O. The summed E-state index contributed by atoms with van der Waals surface area (Å²) < 4.78 is 18.5. The first-order valence-electron chi connectivity index (χ1n) is 7.83. The van der Waals surface area contributed by atoms with Crippen LogP contribution < -0.4 is 5.32 Å². The van der Waals surface area contributed by atoms with Crippen molar-refractivity contribution < 1.29 is 8.81 Å². The van der Waals surface area contributed by atoms with Gasteiger partial charge in [-0.15, -0.1) is 0 Å². The van der Waals surface area contributed by atoms with Gasteiger partial charge in [-0.2, -0.15) is 0 Å². The third-order valence-electron chi connectivity index (χ3n) is 4.22. The van der Waals surface area contributed by atoms with Crippen molar-refractivity contribution >= 4 is 0 Å². The van der Waals surface area contributed by atoms with Gasteiger partial charge >= 0.3 is 0 Å². The molecule has 2 aromatic rings. The first-order chi connectivity index (χ1) is 10.7. The molecule has 1 aromatic carbocycles. The molecule has 1 atom stereocenters. The molecular weight excluding hydrogens is 281 g/mol. The summed E-state index contributed by atoms with van der Waals surface area (Å²) in [5.74, 6) is 0.295. The van der Waals surface area contributed by atoms with Crippen LogP contribution in [0.1, 0.15) is 25.0 Å². The van der Waals surface area contributed by atoms with Crippen LogP contribution in [0.15, 0.2) is 34.9 Å². The van der Waals surface area contributed by atoms with Gasteiger partial charge in [0, 0.05) is 18.2 Å². The fourth-order valence-corrected chi connectivity index (χ4v) is 2.93. The third-order valence-corrected chi connectivity index (χ3v) is 4.22. The van der Waals surface area contributed by atoms with Crippen LogP contribution in [-0.4, -0.2) is 36.1 Å². The normalized spacial score (nSPS) is 19.3. The molecule has 1 aliphatic rings. The van der Waals surface area contributed by atoms with Crippen molar-refractivity contribution in [2.45, 2.75) is 31.8 Å². The molecule has 0 aliphatic carbocycles. The molecule has 5 heteroatoms. The van der Waals surface area contributed by atoms with Crippen molar-refractivity contribution in [3.05, 3.63) is 42.0 Å². The van der Waals surface area contributed by atoms with Crippen LogP contribution in [0, 0.1) is 5.82 Å². The van der Waals surface area contributed by atoms with E-state index in [9.17, 15) is 4.39 Å². The summed E-state index contributed by atoms with van der Waals surface area (Å²) in [5.41, 5.74) is 1.72. The van der Waals surface area contributed by atoms with Gasteiger partial charge < -0.3 is 9.73 Å². The highest BCUT2D eigenvalue weighted by atomic mass is 19.1. The number of hydrogen-bond donors (Lipinski definition) is 1.